The minimum Gasteiger partial charge on any atom is -0.316 e. The molecule has 1 N–H and O–H groups in total. The highest BCUT2D eigenvalue weighted by Crippen LogP contribution is 2.27. The Labute approximate surface area is 98.8 Å². The van der Waals surface area contributed by atoms with Crippen molar-refractivity contribution < 1.29 is 8.78 Å². The van der Waals surface area contributed by atoms with Gasteiger partial charge in [-0.2, -0.15) is 0 Å². The molecule has 1 saturated heterocycles. The summed E-state index contributed by atoms with van der Waals surface area (Å²) in [6.07, 6.45) is 1.39. The molecule has 1 fully saturated rings. The first-order valence-corrected chi connectivity index (χ1v) is 5.81. The number of benzene rings is 1. The number of halogens is 3. The Balaban J connectivity index is 2.31. The normalized spacial score (nSPS) is 20.4. The molecule has 4 heteroatoms. The van der Waals surface area contributed by atoms with Crippen LogP contribution in [0, 0.1) is 24.5 Å². The second kappa shape index (κ2) is 4.68. The summed E-state index contributed by atoms with van der Waals surface area (Å²) in [5.41, 5.74) is 0.547. The van der Waals surface area contributed by atoms with Gasteiger partial charge in [0.05, 0.1) is 5.02 Å². The number of hydrogen-bond donors (Lipinski definition) is 1. The molecule has 1 aromatic carbocycles. The molecule has 1 heterocycles. The third kappa shape index (κ3) is 2.20. The summed E-state index contributed by atoms with van der Waals surface area (Å²) in [7, 11) is 0. The van der Waals surface area contributed by atoms with E-state index in [2.05, 4.69) is 5.32 Å². The average Bonchev–Trinajstić information content (AvgIpc) is 2.74. The van der Waals surface area contributed by atoms with E-state index in [0.717, 1.165) is 19.5 Å². The zero-order valence-electron chi connectivity index (χ0n) is 9.12. The zero-order chi connectivity index (χ0) is 11.7. The van der Waals surface area contributed by atoms with Crippen LogP contribution in [0.5, 0.6) is 0 Å². The molecule has 0 radical (unpaired) electrons. The summed E-state index contributed by atoms with van der Waals surface area (Å²) < 4.78 is 27.5. The SMILES string of the molecule is Cc1cc(Cl)c(F)c(CC2CCNC2)c1F. The van der Waals surface area contributed by atoms with Crippen molar-refractivity contribution in [2.45, 2.75) is 19.8 Å². The number of hydrogen-bond acceptors (Lipinski definition) is 1. The average molecular weight is 246 g/mol. The van der Waals surface area contributed by atoms with Gasteiger partial charge in [-0.1, -0.05) is 11.6 Å². The Bertz CT molecular complexity index is 374. The highest BCUT2D eigenvalue weighted by Gasteiger charge is 2.21. The zero-order valence-corrected chi connectivity index (χ0v) is 9.87. The van der Waals surface area contributed by atoms with Crippen molar-refractivity contribution in [1.29, 1.82) is 0 Å². The predicted octanol–water partition coefficient (Wildman–Crippen LogP) is 3.08. The Hall–Kier alpha value is -0.670. The van der Waals surface area contributed by atoms with Gasteiger partial charge in [0.25, 0.3) is 0 Å². The van der Waals surface area contributed by atoms with Gasteiger partial charge in [0, 0.05) is 5.56 Å². The van der Waals surface area contributed by atoms with Gasteiger partial charge in [0.1, 0.15) is 11.6 Å². The van der Waals surface area contributed by atoms with Crippen molar-refractivity contribution >= 4 is 11.6 Å². The van der Waals surface area contributed by atoms with Gasteiger partial charge in [-0.15, -0.1) is 0 Å². The molecule has 88 valence electrons. The van der Waals surface area contributed by atoms with Gasteiger partial charge < -0.3 is 5.32 Å². The summed E-state index contributed by atoms with van der Waals surface area (Å²) in [5.74, 6) is -0.743. The summed E-state index contributed by atoms with van der Waals surface area (Å²) in [4.78, 5) is 0. The van der Waals surface area contributed by atoms with Gasteiger partial charge in [-0.25, -0.2) is 8.78 Å². The minimum atomic E-state index is -0.600. The molecular weight excluding hydrogens is 232 g/mol. The van der Waals surface area contributed by atoms with Crippen LogP contribution in [0.3, 0.4) is 0 Å². The van der Waals surface area contributed by atoms with E-state index in [9.17, 15) is 8.78 Å². The molecule has 1 nitrogen and oxygen atoms in total. The van der Waals surface area contributed by atoms with E-state index in [1.165, 1.54) is 6.07 Å². The van der Waals surface area contributed by atoms with Crippen molar-refractivity contribution in [1.82, 2.24) is 5.32 Å². The summed E-state index contributed by atoms with van der Waals surface area (Å²) in [6.45, 7) is 3.36. The predicted molar refractivity (Wildman–Crippen MR) is 60.8 cm³/mol. The van der Waals surface area contributed by atoms with E-state index in [1.54, 1.807) is 6.92 Å². The fourth-order valence-corrected chi connectivity index (χ4v) is 2.43. The van der Waals surface area contributed by atoms with Crippen LogP contribution < -0.4 is 5.32 Å². The topological polar surface area (TPSA) is 12.0 Å². The molecule has 0 aromatic heterocycles. The molecule has 1 atom stereocenters. The van der Waals surface area contributed by atoms with E-state index in [-0.39, 0.29) is 10.6 Å². The van der Waals surface area contributed by atoms with Crippen LogP contribution in [0.4, 0.5) is 8.78 Å². The molecule has 2 rings (SSSR count). The van der Waals surface area contributed by atoms with Crippen LogP contribution in [0.2, 0.25) is 5.02 Å². The summed E-state index contributed by atoms with van der Waals surface area (Å²) >= 11 is 5.72. The lowest BCUT2D eigenvalue weighted by molar-refractivity contribution is 0.503. The second-order valence-corrected chi connectivity index (χ2v) is 4.75. The molecule has 1 aliphatic rings. The molecular formula is C12H14ClF2N. The van der Waals surface area contributed by atoms with Crippen LogP contribution >= 0.6 is 11.6 Å². The third-order valence-electron chi connectivity index (χ3n) is 3.08. The largest absolute Gasteiger partial charge is 0.316 e. The van der Waals surface area contributed by atoms with E-state index in [4.69, 9.17) is 11.6 Å². The van der Waals surface area contributed by atoms with Gasteiger partial charge >= 0.3 is 0 Å². The van der Waals surface area contributed by atoms with Gasteiger partial charge in [0.15, 0.2) is 0 Å². The van der Waals surface area contributed by atoms with Crippen LogP contribution in [0.1, 0.15) is 17.5 Å². The Morgan fingerprint density at radius 3 is 2.81 bits per heavy atom. The molecule has 1 aliphatic heterocycles. The van der Waals surface area contributed by atoms with Crippen molar-refractivity contribution in [2.24, 2.45) is 5.92 Å². The first-order valence-electron chi connectivity index (χ1n) is 5.43. The molecule has 1 aromatic rings. The van der Waals surface area contributed by atoms with Crippen molar-refractivity contribution in [3.05, 3.63) is 33.9 Å². The van der Waals surface area contributed by atoms with Crippen LogP contribution in [0.25, 0.3) is 0 Å². The summed E-state index contributed by atoms with van der Waals surface area (Å²) in [5, 5.41) is 3.20. The fourth-order valence-electron chi connectivity index (χ4n) is 2.15. The van der Waals surface area contributed by atoms with E-state index < -0.39 is 11.6 Å². The monoisotopic (exact) mass is 245 g/mol. The van der Waals surface area contributed by atoms with Crippen molar-refractivity contribution in [2.75, 3.05) is 13.1 Å². The quantitative estimate of drug-likeness (QED) is 0.790. The molecule has 16 heavy (non-hydrogen) atoms. The van der Waals surface area contributed by atoms with E-state index >= 15 is 0 Å². The Morgan fingerprint density at radius 1 is 1.44 bits per heavy atom. The number of rotatable bonds is 2. The van der Waals surface area contributed by atoms with Crippen molar-refractivity contribution in [3.63, 3.8) is 0 Å². The lowest BCUT2D eigenvalue weighted by Gasteiger charge is -2.12. The summed E-state index contributed by atoms with van der Waals surface area (Å²) in [6, 6.07) is 1.34. The molecule has 0 amide bonds. The third-order valence-corrected chi connectivity index (χ3v) is 3.36. The lowest BCUT2D eigenvalue weighted by atomic mass is 9.96. The lowest BCUT2D eigenvalue weighted by Crippen LogP contribution is -2.13. The number of aryl methyl sites for hydroxylation is 1. The van der Waals surface area contributed by atoms with Crippen LogP contribution in [-0.2, 0) is 6.42 Å². The van der Waals surface area contributed by atoms with Crippen LogP contribution in [0.15, 0.2) is 6.07 Å². The van der Waals surface area contributed by atoms with Crippen molar-refractivity contribution in [3.8, 4) is 0 Å². The first kappa shape index (κ1) is 11.8. The van der Waals surface area contributed by atoms with Gasteiger partial charge in [-0.3, -0.25) is 0 Å². The van der Waals surface area contributed by atoms with E-state index in [0.29, 0.717) is 17.9 Å². The molecule has 0 spiro atoms. The highest BCUT2D eigenvalue weighted by atomic mass is 35.5. The smallest absolute Gasteiger partial charge is 0.147 e. The molecule has 0 saturated carbocycles. The maximum absolute atomic E-state index is 13.8. The molecule has 0 bridgehead atoms. The molecule has 0 aliphatic carbocycles. The fraction of sp³-hybridized carbons (Fsp3) is 0.500. The Kier molecular flexibility index (Phi) is 3.45. The molecule has 1 unspecified atom stereocenters. The highest BCUT2D eigenvalue weighted by molar-refractivity contribution is 6.30. The number of nitrogens with one attached hydrogen (secondary N) is 1. The maximum atomic E-state index is 13.8. The Morgan fingerprint density at radius 2 is 2.19 bits per heavy atom. The van der Waals surface area contributed by atoms with Gasteiger partial charge in [-0.05, 0) is 50.4 Å². The maximum Gasteiger partial charge on any atom is 0.147 e. The first-order chi connectivity index (χ1) is 7.59. The van der Waals surface area contributed by atoms with Gasteiger partial charge in [0.2, 0.25) is 0 Å². The van der Waals surface area contributed by atoms with E-state index in [1.807, 2.05) is 0 Å². The second-order valence-electron chi connectivity index (χ2n) is 4.34. The standard InChI is InChI=1S/C12H14ClF2N/c1-7-4-10(13)12(15)9(11(7)14)5-8-2-3-16-6-8/h4,8,16H,2-3,5-6H2,1H3. The van der Waals surface area contributed by atoms with Crippen LogP contribution in [-0.4, -0.2) is 13.1 Å². The minimum absolute atomic E-state index is 0.0138.